The number of nitrogens with zero attached hydrogens (tertiary/aromatic N) is 1. The lowest BCUT2D eigenvalue weighted by molar-refractivity contribution is -0.870. The van der Waals surface area contributed by atoms with Gasteiger partial charge in [0, 0.05) is 12.8 Å². The molecule has 0 saturated carbocycles. The first kappa shape index (κ1) is 86.7. The Labute approximate surface area is 556 Å². The van der Waals surface area contributed by atoms with E-state index in [1.165, 1.54) is 205 Å². The summed E-state index contributed by atoms with van der Waals surface area (Å²) in [6.45, 7) is 4.14. The van der Waals surface area contributed by atoms with Crippen molar-refractivity contribution in [3.8, 4) is 0 Å². The van der Waals surface area contributed by atoms with Crippen LogP contribution in [0.2, 0.25) is 0 Å². The molecule has 0 aliphatic rings. The number of ether oxygens (including phenoxy) is 2. The smallest absolute Gasteiger partial charge is 0.306 e. The number of allylic oxidation sites excluding steroid dienone is 18. The van der Waals surface area contributed by atoms with Crippen molar-refractivity contribution in [2.24, 2.45) is 0 Å². The third kappa shape index (κ3) is 73.7. The van der Waals surface area contributed by atoms with Crippen LogP contribution in [0.25, 0.3) is 0 Å². The summed E-state index contributed by atoms with van der Waals surface area (Å²) >= 11 is 0. The minimum atomic E-state index is -4.65. The molecule has 0 radical (unpaired) electrons. The van der Waals surface area contributed by atoms with E-state index in [9.17, 15) is 19.0 Å². The third-order valence-corrected chi connectivity index (χ3v) is 17.2. The van der Waals surface area contributed by atoms with E-state index in [2.05, 4.69) is 123 Å². The zero-order valence-electron chi connectivity index (χ0n) is 59.3. The average molecular weight is 1280 g/mol. The van der Waals surface area contributed by atoms with Gasteiger partial charge in [-0.25, -0.2) is 0 Å². The van der Waals surface area contributed by atoms with Crippen LogP contribution in [-0.4, -0.2) is 70.0 Å². The Kier molecular flexibility index (Phi) is 67.4. The van der Waals surface area contributed by atoms with Gasteiger partial charge in [-0.3, -0.25) is 14.2 Å². The second-order valence-corrected chi connectivity index (χ2v) is 27.7. The molecule has 2 unspecified atom stereocenters. The van der Waals surface area contributed by atoms with E-state index in [1.807, 2.05) is 21.1 Å². The molecule has 90 heavy (non-hydrogen) atoms. The van der Waals surface area contributed by atoms with Crippen molar-refractivity contribution < 1.29 is 42.1 Å². The lowest BCUT2D eigenvalue weighted by Crippen LogP contribution is -2.37. The lowest BCUT2D eigenvalue weighted by atomic mass is 10.0. The third-order valence-electron chi connectivity index (χ3n) is 16.3. The Hall–Kier alpha value is -3.33. The number of hydrogen-bond donors (Lipinski definition) is 0. The molecule has 0 amide bonds. The van der Waals surface area contributed by atoms with Gasteiger partial charge < -0.3 is 27.9 Å². The van der Waals surface area contributed by atoms with Gasteiger partial charge in [-0.1, -0.05) is 329 Å². The molecule has 0 rings (SSSR count). The molecular formula is C80H142NO8P. The van der Waals surface area contributed by atoms with Gasteiger partial charge in [-0.2, -0.15) is 0 Å². The minimum absolute atomic E-state index is 0.0332. The fourth-order valence-corrected chi connectivity index (χ4v) is 11.3. The van der Waals surface area contributed by atoms with Crippen LogP contribution in [0.4, 0.5) is 0 Å². The fourth-order valence-electron chi connectivity index (χ4n) is 10.6. The summed E-state index contributed by atoms with van der Waals surface area (Å²) in [6, 6.07) is 0. The van der Waals surface area contributed by atoms with E-state index >= 15 is 0 Å². The highest BCUT2D eigenvalue weighted by Crippen LogP contribution is 2.38. The number of carbonyl (C=O) groups is 2. The quantitative estimate of drug-likeness (QED) is 0.0195. The number of phosphoric acid groups is 1. The molecule has 0 aromatic rings. The zero-order chi connectivity index (χ0) is 65.5. The Morgan fingerprint density at radius 3 is 0.944 bits per heavy atom. The molecule has 0 spiro atoms. The molecule has 0 aliphatic carbocycles. The van der Waals surface area contributed by atoms with Crippen LogP contribution in [0.1, 0.15) is 335 Å². The van der Waals surface area contributed by atoms with Crippen molar-refractivity contribution in [1.82, 2.24) is 0 Å². The summed E-state index contributed by atoms with van der Waals surface area (Å²) in [6.07, 6.45) is 99.0. The van der Waals surface area contributed by atoms with Crippen molar-refractivity contribution >= 4 is 19.8 Å². The van der Waals surface area contributed by atoms with Gasteiger partial charge >= 0.3 is 11.9 Å². The summed E-state index contributed by atoms with van der Waals surface area (Å²) in [5.41, 5.74) is 0. The van der Waals surface area contributed by atoms with E-state index in [1.54, 1.807) is 0 Å². The first-order chi connectivity index (χ1) is 44.0. The molecule has 0 N–H and O–H groups in total. The summed E-state index contributed by atoms with van der Waals surface area (Å²) in [4.78, 5) is 38.1. The van der Waals surface area contributed by atoms with Crippen LogP contribution in [0.3, 0.4) is 0 Å². The number of quaternary nitrogens is 1. The number of unbranched alkanes of at least 4 members (excludes halogenated alkanes) is 37. The van der Waals surface area contributed by atoms with Gasteiger partial charge in [0.1, 0.15) is 19.8 Å². The number of esters is 2. The van der Waals surface area contributed by atoms with Crippen LogP contribution < -0.4 is 4.89 Å². The van der Waals surface area contributed by atoms with Gasteiger partial charge in [0.15, 0.2) is 6.10 Å². The van der Waals surface area contributed by atoms with Crippen LogP contribution in [-0.2, 0) is 32.7 Å². The predicted octanol–water partition coefficient (Wildman–Crippen LogP) is 24.2. The predicted molar refractivity (Wildman–Crippen MR) is 388 cm³/mol. The molecule has 0 aliphatic heterocycles. The summed E-state index contributed by atoms with van der Waals surface area (Å²) in [7, 11) is 1.17. The molecule has 0 aromatic carbocycles. The largest absolute Gasteiger partial charge is 0.756 e. The summed E-state index contributed by atoms with van der Waals surface area (Å²) in [5.74, 6) is -0.827. The number of hydrogen-bond acceptors (Lipinski definition) is 8. The highest BCUT2D eigenvalue weighted by atomic mass is 31.2. The molecule has 10 heteroatoms. The summed E-state index contributed by atoms with van der Waals surface area (Å²) < 4.78 is 34.4. The number of carbonyl (C=O) groups excluding carboxylic acids is 2. The molecule has 9 nitrogen and oxygen atoms in total. The van der Waals surface area contributed by atoms with Gasteiger partial charge in [0.25, 0.3) is 7.82 Å². The van der Waals surface area contributed by atoms with Crippen molar-refractivity contribution in [2.45, 2.75) is 341 Å². The number of likely N-dealkylation sites (N-methyl/N-ethyl adjacent to an activating group) is 1. The fraction of sp³-hybridized carbons (Fsp3) is 0.750. The SMILES string of the molecule is CC/C=C\C/C=C\C/C=C\C/C=C\C/C=C\C/C=C\CCCCCCCCCCCCCCCCCCCCCCCCC(=O)OC(COC(=O)CCCCCCCCCCCC/C=C\C/C=C\C/C=C\CCCCCCC)COP(=O)([O-])OCC[N+](C)(C)C. The van der Waals surface area contributed by atoms with Gasteiger partial charge in [0.2, 0.25) is 0 Å². The highest BCUT2D eigenvalue weighted by molar-refractivity contribution is 7.45. The van der Waals surface area contributed by atoms with Crippen LogP contribution in [0.5, 0.6) is 0 Å². The highest BCUT2D eigenvalue weighted by Gasteiger charge is 2.22. The normalized spacial score (nSPS) is 13.7. The van der Waals surface area contributed by atoms with Crippen molar-refractivity contribution in [1.29, 1.82) is 0 Å². The van der Waals surface area contributed by atoms with Crippen molar-refractivity contribution in [3.05, 3.63) is 109 Å². The Bertz CT molecular complexity index is 1890. The van der Waals surface area contributed by atoms with Crippen LogP contribution in [0, 0.1) is 0 Å². The standard InChI is InChI=1S/C80H142NO8P/c1-6-8-10-12-14-16-18-20-22-24-26-28-30-32-33-34-35-36-37-38-39-40-41-42-43-44-45-46-47-49-51-53-55-57-59-61-63-65-67-69-71-73-80(83)89-78(77-88-90(84,85)87-75-74-81(3,4)5)76-86-79(82)72-70-68-66-64-62-60-58-56-54-52-50-48-31-29-27-25-23-21-19-17-15-13-11-9-7-2/h8,10,14,16,19-22,25-28,31-33,35-36,48,78H,6-7,9,11-13,15,17-18,23-24,29-30,34,37-47,49-77H2,1-5H3/b10-8-,16-14-,21-19-,22-20-,27-25-,28-26-,33-32-,36-35-,48-31-. The monoisotopic (exact) mass is 1280 g/mol. The van der Waals surface area contributed by atoms with E-state index in [0.717, 1.165) is 96.3 Å². The van der Waals surface area contributed by atoms with E-state index < -0.39 is 26.5 Å². The zero-order valence-corrected chi connectivity index (χ0v) is 60.2. The van der Waals surface area contributed by atoms with E-state index in [0.29, 0.717) is 17.4 Å². The van der Waals surface area contributed by atoms with E-state index in [4.69, 9.17) is 18.5 Å². The maximum absolute atomic E-state index is 12.9. The van der Waals surface area contributed by atoms with Gasteiger partial charge in [-0.05, 0) is 103 Å². The topological polar surface area (TPSA) is 111 Å². The minimum Gasteiger partial charge on any atom is -0.756 e. The maximum atomic E-state index is 12.9. The Morgan fingerprint density at radius 1 is 0.356 bits per heavy atom. The van der Waals surface area contributed by atoms with Crippen molar-refractivity contribution in [2.75, 3.05) is 47.5 Å². The van der Waals surface area contributed by atoms with Gasteiger partial charge in [-0.15, -0.1) is 0 Å². The first-order valence-corrected chi connectivity index (χ1v) is 39.1. The summed E-state index contributed by atoms with van der Waals surface area (Å²) in [5, 5.41) is 0. The first-order valence-electron chi connectivity index (χ1n) is 37.6. The van der Waals surface area contributed by atoms with Crippen LogP contribution >= 0.6 is 7.82 Å². The van der Waals surface area contributed by atoms with Gasteiger partial charge in [0.05, 0.1) is 27.7 Å². The number of phosphoric ester groups is 1. The van der Waals surface area contributed by atoms with E-state index in [-0.39, 0.29) is 32.0 Å². The molecule has 0 saturated heterocycles. The maximum Gasteiger partial charge on any atom is 0.306 e. The molecule has 0 bridgehead atoms. The molecule has 0 heterocycles. The second kappa shape index (κ2) is 70.0. The van der Waals surface area contributed by atoms with Crippen molar-refractivity contribution in [3.63, 3.8) is 0 Å². The molecular weight excluding hydrogens is 1130 g/mol. The Morgan fingerprint density at radius 2 is 0.633 bits per heavy atom. The average Bonchev–Trinajstić information content (AvgIpc) is 3.62. The Balaban J connectivity index is 3.96. The molecule has 0 fully saturated rings. The number of rotatable bonds is 69. The molecule has 2 atom stereocenters. The molecule has 520 valence electrons. The molecule has 0 aromatic heterocycles. The van der Waals surface area contributed by atoms with Crippen LogP contribution in [0.15, 0.2) is 109 Å². The second-order valence-electron chi connectivity index (χ2n) is 26.3. The lowest BCUT2D eigenvalue weighted by Gasteiger charge is -2.28.